The molecule has 66 valence electrons. The van der Waals surface area contributed by atoms with Crippen LogP contribution in [0.25, 0.3) is 0 Å². The van der Waals surface area contributed by atoms with E-state index in [1.807, 2.05) is 6.21 Å². The van der Waals surface area contributed by atoms with Crippen LogP contribution in [0.4, 0.5) is 0 Å². The van der Waals surface area contributed by atoms with Crippen molar-refractivity contribution in [3.63, 3.8) is 0 Å². The standard InChI is InChI=1S/C10H15NO/c1-2-8-12-11-9-10-6-4-3-5-7-10/h1,9-10H,3-8H2. The number of oxime groups is 1. The number of hydrogen-bond acceptors (Lipinski definition) is 2. The second-order valence-corrected chi connectivity index (χ2v) is 3.13. The molecule has 1 aliphatic carbocycles. The summed E-state index contributed by atoms with van der Waals surface area (Å²) < 4.78 is 0. The molecule has 1 fully saturated rings. The molecule has 0 atom stereocenters. The van der Waals surface area contributed by atoms with E-state index in [1.54, 1.807) is 0 Å². The minimum Gasteiger partial charge on any atom is -0.383 e. The van der Waals surface area contributed by atoms with Crippen molar-refractivity contribution in [1.82, 2.24) is 0 Å². The molecule has 0 aromatic rings. The monoisotopic (exact) mass is 165 g/mol. The van der Waals surface area contributed by atoms with Gasteiger partial charge >= 0.3 is 0 Å². The van der Waals surface area contributed by atoms with Crippen molar-refractivity contribution in [3.05, 3.63) is 0 Å². The van der Waals surface area contributed by atoms with E-state index < -0.39 is 0 Å². The van der Waals surface area contributed by atoms with Crippen LogP contribution in [0, 0.1) is 18.3 Å². The Morgan fingerprint density at radius 1 is 1.42 bits per heavy atom. The van der Waals surface area contributed by atoms with Crippen LogP contribution >= 0.6 is 0 Å². The lowest BCUT2D eigenvalue weighted by Gasteiger charge is -2.16. The van der Waals surface area contributed by atoms with Crippen LogP contribution in [0.2, 0.25) is 0 Å². The number of rotatable bonds is 3. The Morgan fingerprint density at radius 2 is 2.17 bits per heavy atom. The molecule has 0 heterocycles. The van der Waals surface area contributed by atoms with Gasteiger partial charge in [0.2, 0.25) is 0 Å². The number of terminal acetylenes is 1. The zero-order chi connectivity index (χ0) is 8.65. The zero-order valence-corrected chi connectivity index (χ0v) is 7.33. The molecule has 0 amide bonds. The van der Waals surface area contributed by atoms with E-state index in [2.05, 4.69) is 11.1 Å². The Kier molecular flexibility index (Phi) is 4.30. The van der Waals surface area contributed by atoms with Crippen molar-refractivity contribution in [3.8, 4) is 12.3 Å². The van der Waals surface area contributed by atoms with Gasteiger partial charge in [-0.2, -0.15) is 0 Å². The van der Waals surface area contributed by atoms with Gasteiger partial charge in [0, 0.05) is 6.21 Å². The maximum Gasteiger partial charge on any atom is 0.177 e. The predicted molar refractivity (Wildman–Crippen MR) is 49.9 cm³/mol. The van der Waals surface area contributed by atoms with E-state index in [-0.39, 0.29) is 6.61 Å². The normalized spacial score (nSPS) is 19.2. The zero-order valence-electron chi connectivity index (χ0n) is 7.33. The fourth-order valence-electron chi connectivity index (χ4n) is 1.49. The van der Waals surface area contributed by atoms with Crippen molar-refractivity contribution in [2.75, 3.05) is 6.61 Å². The summed E-state index contributed by atoms with van der Waals surface area (Å²) in [7, 11) is 0. The molecule has 1 saturated carbocycles. The first-order valence-electron chi connectivity index (χ1n) is 4.52. The Bertz CT molecular complexity index is 175. The molecule has 0 aliphatic heterocycles. The summed E-state index contributed by atoms with van der Waals surface area (Å²) in [5.41, 5.74) is 0. The third kappa shape index (κ3) is 3.43. The summed E-state index contributed by atoms with van der Waals surface area (Å²) in [6, 6.07) is 0. The van der Waals surface area contributed by atoms with E-state index >= 15 is 0 Å². The highest BCUT2D eigenvalue weighted by Crippen LogP contribution is 2.21. The minimum absolute atomic E-state index is 0.281. The summed E-state index contributed by atoms with van der Waals surface area (Å²) in [4.78, 5) is 4.82. The molecule has 0 aromatic heterocycles. The van der Waals surface area contributed by atoms with Crippen LogP contribution in [0.5, 0.6) is 0 Å². The summed E-state index contributed by atoms with van der Waals surface area (Å²) in [5, 5.41) is 3.82. The second kappa shape index (κ2) is 5.65. The van der Waals surface area contributed by atoms with Gasteiger partial charge in [-0.3, -0.25) is 0 Å². The first-order valence-corrected chi connectivity index (χ1v) is 4.52. The molecule has 2 heteroatoms. The molecular formula is C10H15NO. The average molecular weight is 165 g/mol. The topological polar surface area (TPSA) is 21.6 Å². The van der Waals surface area contributed by atoms with Gasteiger partial charge in [0.25, 0.3) is 0 Å². The van der Waals surface area contributed by atoms with E-state index in [4.69, 9.17) is 11.3 Å². The second-order valence-electron chi connectivity index (χ2n) is 3.13. The maximum atomic E-state index is 5.00. The summed E-state index contributed by atoms with van der Waals surface area (Å²) in [6.45, 7) is 0.281. The molecule has 0 spiro atoms. The summed E-state index contributed by atoms with van der Waals surface area (Å²) in [6.07, 6.45) is 13.4. The lowest BCUT2D eigenvalue weighted by Crippen LogP contribution is -2.07. The Balaban J connectivity index is 2.12. The lowest BCUT2D eigenvalue weighted by atomic mass is 9.90. The van der Waals surface area contributed by atoms with E-state index in [9.17, 15) is 0 Å². The first-order chi connectivity index (χ1) is 5.93. The Hall–Kier alpha value is -0.970. The van der Waals surface area contributed by atoms with E-state index in [1.165, 1.54) is 32.1 Å². The van der Waals surface area contributed by atoms with Crippen LogP contribution in [0.15, 0.2) is 5.16 Å². The van der Waals surface area contributed by atoms with E-state index in [0.29, 0.717) is 5.92 Å². The van der Waals surface area contributed by atoms with Gasteiger partial charge in [-0.1, -0.05) is 30.3 Å². The van der Waals surface area contributed by atoms with Gasteiger partial charge in [-0.05, 0) is 18.8 Å². The first kappa shape index (κ1) is 9.12. The predicted octanol–water partition coefficient (Wildman–Crippen LogP) is 2.20. The van der Waals surface area contributed by atoms with Gasteiger partial charge in [0.15, 0.2) is 6.61 Å². The van der Waals surface area contributed by atoms with Gasteiger partial charge < -0.3 is 4.84 Å². The van der Waals surface area contributed by atoms with Crippen LogP contribution < -0.4 is 0 Å². The van der Waals surface area contributed by atoms with Gasteiger partial charge in [0.1, 0.15) is 0 Å². The van der Waals surface area contributed by atoms with Crippen molar-refractivity contribution in [1.29, 1.82) is 0 Å². The highest BCUT2D eigenvalue weighted by Gasteiger charge is 2.10. The van der Waals surface area contributed by atoms with Crippen molar-refractivity contribution >= 4 is 6.21 Å². The Labute approximate surface area is 74.0 Å². The largest absolute Gasteiger partial charge is 0.383 e. The molecule has 0 unspecified atom stereocenters. The quantitative estimate of drug-likeness (QED) is 0.272. The molecule has 12 heavy (non-hydrogen) atoms. The molecule has 0 bridgehead atoms. The molecule has 0 radical (unpaired) electrons. The average Bonchev–Trinajstić information content (AvgIpc) is 2.14. The van der Waals surface area contributed by atoms with Gasteiger partial charge in [-0.25, -0.2) is 0 Å². The van der Waals surface area contributed by atoms with Crippen molar-refractivity contribution in [2.24, 2.45) is 11.1 Å². The van der Waals surface area contributed by atoms with Crippen molar-refractivity contribution in [2.45, 2.75) is 32.1 Å². The Morgan fingerprint density at radius 3 is 2.83 bits per heavy atom. The maximum absolute atomic E-state index is 5.00. The highest BCUT2D eigenvalue weighted by atomic mass is 16.6. The van der Waals surface area contributed by atoms with Crippen molar-refractivity contribution < 1.29 is 4.84 Å². The van der Waals surface area contributed by atoms with Crippen LogP contribution in [-0.2, 0) is 4.84 Å². The molecule has 1 rings (SSSR count). The fraction of sp³-hybridized carbons (Fsp3) is 0.700. The number of nitrogens with zero attached hydrogens (tertiary/aromatic N) is 1. The molecule has 0 saturated heterocycles. The summed E-state index contributed by atoms with van der Waals surface area (Å²) >= 11 is 0. The summed E-state index contributed by atoms with van der Waals surface area (Å²) in [5.74, 6) is 2.99. The molecule has 2 nitrogen and oxygen atoms in total. The molecule has 0 N–H and O–H groups in total. The highest BCUT2D eigenvalue weighted by molar-refractivity contribution is 5.59. The molecule has 1 aliphatic rings. The van der Waals surface area contributed by atoms with E-state index in [0.717, 1.165) is 0 Å². The SMILES string of the molecule is C#CCON=CC1CCCCC1. The molecular weight excluding hydrogens is 150 g/mol. The van der Waals surface area contributed by atoms with Gasteiger partial charge in [-0.15, -0.1) is 6.42 Å². The third-order valence-electron chi connectivity index (χ3n) is 2.14. The lowest BCUT2D eigenvalue weighted by molar-refractivity contribution is 0.179. The minimum atomic E-state index is 0.281. The molecule has 0 aromatic carbocycles. The number of hydrogen-bond donors (Lipinski definition) is 0. The van der Waals surface area contributed by atoms with Crippen LogP contribution in [-0.4, -0.2) is 12.8 Å². The smallest absolute Gasteiger partial charge is 0.177 e. The third-order valence-corrected chi connectivity index (χ3v) is 2.14. The van der Waals surface area contributed by atoms with Crippen LogP contribution in [0.1, 0.15) is 32.1 Å². The van der Waals surface area contributed by atoms with Crippen LogP contribution in [0.3, 0.4) is 0 Å². The van der Waals surface area contributed by atoms with Gasteiger partial charge in [0.05, 0.1) is 0 Å². The fourth-order valence-corrected chi connectivity index (χ4v) is 1.49.